The van der Waals surface area contributed by atoms with Crippen LogP contribution in [0.15, 0.2) is 42.9 Å². The lowest BCUT2D eigenvalue weighted by Crippen LogP contribution is -2.46. The lowest BCUT2D eigenvalue weighted by molar-refractivity contribution is -0.137. The van der Waals surface area contributed by atoms with Crippen LogP contribution in [0, 0.1) is 0 Å². The molecule has 0 amide bonds. The van der Waals surface area contributed by atoms with Gasteiger partial charge in [0.25, 0.3) is 0 Å². The van der Waals surface area contributed by atoms with Gasteiger partial charge in [0.2, 0.25) is 0 Å². The van der Waals surface area contributed by atoms with Crippen molar-refractivity contribution in [2.45, 2.75) is 26.1 Å². The van der Waals surface area contributed by atoms with E-state index in [0.29, 0.717) is 11.3 Å². The van der Waals surface area contributed by atoms with Crippen molar-refractivity contribution in [3.8, 4) is 0 Å². The van der Waals surface area contributed by atoms with E-state index in [1.165, 1.54) is 0 Å². The summed E-state index contributed by atoms with van der Waals surface area (Å²) in [7, 11) is 0. The van der Waals surface area contributed by atoms with E-state index in [-0.39, 0.29) is 5.69 Å². The van der Waals surface area contributed by atoms with Gasteiger partial charge in [-0.2, -0.15) is 13.2 Å². The van der Waals surface area contributed by atoms with Gasteiger partial charge in [-0.25, -0.2) is 0 Å². The number of nitrogen functional groups attached to an aromatic ring is 1. The summed E-state index contributed by atoms with van der Waals surface area (Å²) in [6.07, 6.45) is 0.764. The van der Waals surface area contributed by atoms with Crippen LogP contribution in [0.2, 0.25) is 0 Å². The van der Waals surface area contributed by atoms with Crippen LogP contribution in [0.5, 0.6) is 0 Å². The van der Waals surface area contributed by atoms with Gasteiger partial charge >= 0.3 is 6.18 Å². The fourth-order valence-electron chi connectivity index (χ4n) is 4.05. The molecule has 3 heterocycles. The predicted octanol–water partition coefficient (Wildman–Crippen LogP) is 4.55. The van der Waals surface area contributed by atoms with Crippen molar-refractivity contribution < 1.29 is 13.2 Å². The minimum atomic E-state index is -4.45. The summed E-state index contributed by atoms with van der Waals surface area (Å²) < 4.78 is 39.6. The lowest BCUT2D eigenvalue weighted by atomic mass is 10.0. The molecule has 0 spiro atoms. The molecule has 1 aliphatic heterocycles. The van der Waals surface area contributed by atoms with Gasteiger partial charge in [-0.15, -0.1) is 0 Å². The average molecular weight is 445 g/mol. The van der Waals surface area contributed by atoms with Gasteiger partial charge in [0, 0.05) is 43.3 Å². The smallest absolute Gasteiger partial charge is 0.399 e. The highest BCUT2D eigenvalue weighted by Gasteiger charge is 2.31. The van der Waals surface area contributed by atoms with Gasteiger partial charge in [0.15, 0.2) is 0 Å². The van der Waals surface area contributed by atoms with Gasteiger partial charge in [-0.3, -0.25) is 9.97 Å². The molecular weight excluding hydrogens is 417 g/mol. The third-order valence-electron chi connectivity index (χ3n) is 5.96. The maximum atomic E-state index is 13.2. The van der Waals surface area contributed by atoms with E-state index in [0.717, 1.165) is 61.4 Å². The maximum absolute atomic E-state index is 13.2. The monoisotopic (exact) mass is 444 g/mol. The molecule has 1 atom stereocenters. The van der Waals surface area contributed by atoms with Crippen LogP contribution in [-0.4, -0.2) is 47.6 Å². The Balaban J connectivity index is 1.61. The average Bonchev–Trinajstić information content (AvgIpc) is 2.78. The molecule has 1 fully saturated rings. The van der Waals surface area contributed by atoms with Crippen molar-refractivity contribution in [1.29, 1.82) is 0 Å². The molecule has 9 heteroatoms. The summed E-state index contributed by atoms with van der Waals surface area (Å²) in [4.78, 5) is 13.5. The highest BCUT2D eigenvalue weighted by atomic mass is 19.4. The SMILES string of the molecule is CCN1CCN(c2cnc3cncc(N[C@H](C)c4cc(N)cc(C(F)(F)F)c4)c3c2)CC1. The molecule has 0 saturated carbocycles. The van der Waals surface area contributed by atoms with Gasteiger partial charge in [-0.05, 0) is 43.3 Å². The number of piperazine rings is 1. The first-order valence-electron chi connectivity index (χ1n) is 10.7. The Morgan fingerprint density at radius 3 is 2.50 bits per heavy atom. The number of benzene rings is 1. The molecule has 0 unspecified atom stereocenters. The molecule has 1 aliphatic rings. The Hall–Kier alpha value is -3.07. The van der Waals surface area contributed by atoms with Crippen LogP contribution < -0.4 is 16.0 Å². The van der Waals surface area contributed by atoms with Crippen LogP contribution >= 0.6 is 0 Å². The standard InChI is InChI=1S/C23H27F3N6/c1-3-31-4-6-32(7-5-31)19-11-20-21(29-12-19)13-28-14-22(20)30-15(2)16-8-17(23(24,25)26)10-18(27)9-16/h8-15,30H,3-7,27H2,1-2H3/t15-/m1/s1. The largest absolute Gasteiger partial charge is 0.416 e. The molecule has 32 heavy (non-hydrogen) atoms. The zero-order chi connectivity index (χ0) is 22.9. The van der Waals surface area contributed by atoms with Crippen molar-refractivity contribution in [2.24, 2.45) is 0 Å². The van der Waals surface area contributed by atoms with E-state index >= 15 is 0 Å². The Bertz CT molecular complexity index is 1090. The maximum Gasteiger partial charge on any atom is 0.416 e. The number of rotatable bonds is 5. The number of nitrogens with two attached hydrogens (primary N) is 1. The summed E-state index contributed by atoms with van der Waals surface area (Å²) in [6.45, 7) is 8.87. The zero-order valence-electron chi connectivity index (χ0n) is 18.2. The molecule has 0 bridgehead atoms. The summed E-state index contributed by atoms with van der Waals surface area (Å²) in [5.41, 5.74) is 7.98. The Labute approximate surface area is 185 Å². The number of likely N-dealkylation sites (N-methyl/N-ethyl adjacent to an activating group) is 1. The number of hydrogen-bond acceptors (Lipinski definition) is 6. The number of aromatic nitrogens is 2. The first kappa shape index (κ1) is 22.1. The minimum Gasteiger partial charge on any atom is -0.399 e. The molecule has 1 saturated heterocycles. The lowest BCUT2D eigenvalue weighted by Gasteiger charge is -2.35. The third kappa shape index (κ3) is 4.72. The highest BCUT2D eigenvalue weighted by Crippen LogP contribution is 2.34. The Morgan fingerprint density at radius 1 is 1.06 bits per heavy atom. The van der Waals surface area contributed by atoms with Gasteiger partial charge in [0.1, 0.15) is 0 Å². The number of nitrogens with one attached hydrogen (secondary N) is 1. The Morgan fingerprint density at radius 2 is 1.81 bits per heavy atom. The molecule has 6 nitrogen and oxygen atoms in total. The van der Waals surface area contributed by atoms with E-state index in [1.54, 1.807) is 25.4 Å². The number of pyridine rings is 2. The number of alkyl halides is 3. The topological polar surface area (TPSA) is 70.3 Å². The summed E-state index contributed by atoms with van der Waals surface area (Å²) in [5, 5.41) is 4.18. The van der Waals surface area contributed by atoms with Gasteiger partial charge in [-0.1, -0.05) is 6.92 Å². The van der Waals surface area contributed by atoms with E-state index in [4.69, 9.17) is 5.73 Å². The second kappa shape index (κ2) is 8.82. The molecule has 0 radical (unpaired) electrons. The second-order valence-electron chi connectivity index (χ2n) is 8.12. The number of hydrogen-bond donors (Lipinski definition) is 2. The van der Waals surface area contributed by atoms with Crippen LogP contribution in [0.1, 0.15) is 31.0 Å². The summed E-state index contributed by atoms with van der Waals surface area (Å²) in [5.74, 6) is 0. The van der Waals surface area contributed by atoms with Crippen molar-refractivity contribution in [1.82, 2.24) is 14.9 Å². The predicted molar refractivity (Wildman–Crippen MR) is 122 cm³/mol. The number of anilines is 3. The van der Waals surface area contributed by atoms with Crippen LogP contribution in [-0.2, 0) is 6.18 Å². The van der Waals surface area contributed by atoms with Gasteiger partial charge in [0.05, 0.1) is 41.0 Å². The van der Waals surface area contributed by atoms with Crippen molar-refractivity contribution >= 4 is 28.0 Å². The normalized spacial score (nSPS) is 16.3. The minimum absolute atomic E-state index is 0.0784. The molecular formula is C23H27F3N6. The van der Waals surface area contributed by atoms with Crippen LogP contribution in [0.4, 0.5) is 30.2 Å². The van der Waals surface area contributed by atoms with Crippen molar-refractivity contribution in [3.05, 3.63) is 54.0 Å². The van der Waals surface area contributed by atoms with E-state index in [1.807, 2.05) is 6.20 Å². The van der Waals surface area contributed by atoms with E-state index in [2.05, 4.69) is 38.1 Å². The fourth-order valence-corrected chi connectivity index (χ4v) is 4.05. The molecule has 0 aliphatic carbocycles. The quantitative estimate of drug-likeness (QED) is 0.563. The number of nitrogens with zero attached hydrogens (tertiary/aromatic N) is 4. The van der Waals surface area contributed by atoms with E-state index in [9.17, 15) is 13.2 Å². The molecule has 4 rings (SSSR count). The van der Waals surface area contributed by atoms with Gasteiger partial charge < -0.3 is 20.9 Å². The van der Waals surface area contributed by atoms with Crippen LogP contribution in [0.3, 0.4) is 0 Å². The Kier molecular flexibility index (Phi) is 6.10. The van der Waals surface area contributed by atoms with Crippen molar-refractivity contribution in [3.63, 3.8) is 0 Å². The van der Waals surface area contributed by atoms with E-state index < -0.39 is 17.8 Å². The molecule has 2 aromatic heterocycles. The molecule has 170 valence electrons. The summed E-state index contributed by atoms with van der Waals surface area (Å²) in [6, 6.07) is 5.29. The first-order valence-corrected chi connectivity index (χ1v) is 10.7. The second-order valence-corrected chi connectivity index (χ2v) is 8.12. The highest BCUT2D eigenvalue weighted by molar-refractivity contribution is 5.92. The zero-order valence-corrected chi connectivity index (χ0v) is 18.2. The number of fused-ring (bicyclic) bond motifs is 1. The third-order valence-corrected chi connectivity index (χ3v) is 5.96. The summed E-state index contributed by atoms with van der Waals surface area (Å²) >= 11 is 0. The van der Waals surface area contributed by atoms with Crippen molar-refractivity contribution in [2.75, 3.05) is 48.7 Å². The number of halogens is 3. The molecule has 3 N–H and O–H groups in total. The molecule has 1 aromatic carbocycles. The van der Waals surface area contributed by atoms with Crippen LogP contribution in [0.25, 0.3) is 10.9 Å². The first-order chi connectivity index (χ1) is 15.2. The fraction of sp³-hybridized carbons (Fsp3) is 0.391. The molecule has 3 aromatic rings.